The lowest BCUT2D eigenvalue weighted by Gasteiger charge is -2.24. The van der Waals surface area contributed by atoms with Gasteiger partial charge in [-0.25, -0.2) is 24.9 Å². The van der Waals surface area contributed by atoms with Gasteiger partial charge in [-0.1, -0.05) is 43.3 Å². The van der Waals surface area contributed by atoms with Crippen LogP contribution in [0.15, 0.2) is 67.3 Å². The van der Waals surface area contributed by atoms with Gasteiger partial charge in [0.1, 0.15) is 29.2 Å². The highest BCUT2D eigenvalue weighted by atomic mass is 15.1. The number of nitrogens with one attached hydrogen (secondary N) is 1. The van der Waals surface area contributed by atoms with Crippen molar-refractivity contribution in [2.75, 3.05) is 11.9 Å². The third-order valence-corrected chi connectivity index (χ3v) is 6.94. The second kappa shape index (κ2) is 8.27. The minimum atomic E-state index is -0.00792. The second-order valence-corrected chi connectivity index (χ2v) is 9.43. The summed E-state index contributed by atoms with van der Waals surface area (Å²) in [6.07, 6.45) is 6.24. The quantitative estimate of drug-likeness (QED) is 0.387. The predicted molar refractivity (Wildman–Crippen MR) is 138 cm³/mol. The molecule has 2 aromatic carbocycles. The van der Waals surface area contributed by atoms with Crippen molar-refractivity contribution in [2.24, 2.45) is 0 Å². The van der Waals surface area contributed by atoms with E-state index in [9.17, 15) is 0 Å². The molecule has 0 saturated carbocycles. The van der Waals surface area contributed by atoms with Crippen molar-refractivity contribution in [3.63, 3.8) is 0 Å². The fraction of sp³-hybridized carbons (Fsp3) is 0.250. The molecular formula is C28H27N7. The molecule has 1 N–H and O–H groups in total. The van der Waals surface area contributed by atoms with E-state index in [2.05, 4.69) is 87.2 Å². The minimum Gasteiger partial charge on any atom is -0.384 e. The van der Waals surface area contributed by atoms with E-state index in [0.717, 1.165) is 59.1 Å². The van der Waals surface area contributed by atoms with Crippen LogP contribution in [0.2, 0.25) is 0 Å². The Hall–Kier alpha value is -4.13. The molecule has 1 aliphatic heterocycles. The molecule has 1 aliphatic rings. The zero-order valence-corrected chi connectivity index (χ0v) is 20.2. The van der Waals surface area contributed by atoms with Crippen molar-refractivity contribution in [2.45, 2.75) is 39.2 Å². The Morgan fingerprint density at radius 2 is 1.77 bits per heavy atom. The number of hydrogen-bond acceptors (Lipinski definition) is 6. The van der Waals surface area contributed by atoms with Gasteiger partial charge in [0.15, 0.2) is 5.65 Å². The molecule has 35 heavy (non-hydrogen) atoms. The lowest BCUT2D eigenvalue weighted by atomic mass is 9.78. The van der Waals surface area contributed by atoms with E-state index in [-0.39, 0.29) is 5.41 Å². The maximum atomic E-state index is 5.00. The van der Waals surface area contributed by atoms with Crippen molar-refractivity contribution in [3.8, 4) is 22.6 Å². The van der Waals surface area contributed by atoms with Gasteiger partial charge in [0.05, 0.1) is 5.56 Å². The third kappa shape index (κ3) is 3.64. The van der Waals surface area contributed by atoms with Crippen LogP contribution in [0.4, 0.5) is 5.69 Å². The van der Waals surface area contributed by atoms with Gasteiger partial charge in [-0.05, 0) is 43.5 Å². The smallest absolute Gasteiger partial charge is 0.164 e. The Balaban J connectivity index is 1.46. The Morgan fingerprint density at radius 3 is 2.54 bits per heavy atom. The third-order valence-electron chi connectivity index (χ3n) is 6.94. The largest absolute Gasteiger partial charge is 0.384 e. The first kappa shape index (κ1) is 21.4. The standard InChI is InChI=1S/C28H27N7/c1-4-35-26(21-14-29-18(2)30-15-21)34-25-24(32-17-33-27(25)35)20-10-11-23-22(12-20)28(3,16-31-23)13-19-8-6-5-7-9-19/h5-12,14-15,17,31H,4,13,16H2,1-3H3. The van der Waals surface area contributed by atoms with Crippen LogP contribution in [-0.2, 0) is 18.4 Å². The number of hydrogen-bond donors (Lipinski definition) is 1. The number of nitrogens with zero attached hydrogens (tertiary/aromatic N) is 6. The summed E-state index contributed by atoms with van der Waals surface area (Å²) in [5.74, 6) is 1.54. The average Bonchev–Trinajstić information content (AvgIpc) is 3.42. The van der Waals surface area contributed by atoms with Gasteiger partial charge in [0, 0.05) is 42.1 Å². The van der Waals surface area contributed by atoms with Gasteiger partial charge in [-0.3, -0.25) is 0 Å². The van der Waals surface area contributed by atoms with Crippen LogP contribution in [0, 0.1) is 6.92 Å². The lowest BCUT2D eigenvalue weighted by molar-refractivity contribution is 0.520. The number of imidazole rings is 1. The highest BCUT2D eigenvalue weighted by Gasteiger charge is 2.35. The van der Waals surface area contributed by atoms with Crippen LogP contribution in [0.3, 0.4) is 0 Å². The molecule has 174 valence electrons. The fourth-order valence-corrected chi connectivity index (χ4v) is 5.11. The Labute approximate surface area is 204 Å². The second-order valence-electron chi connectivity index (χ2n) is 9.43. The average molecular weight is 462 g/mol. The van der Waals surface area contributed by atoms with Crippen LogP contribution in [0.1, 0.15) is 30.8 Å². The van der Waals surface area contributed by atoms with E-state index in [1.165, 1.54) is 16.8 Å². The van der Waals surface area contributed by atoms with E-state index < -0.39 is 0 Å². The molecule has 0 spiro atoms. The van der Waals surface area contributed by atoms with Crippen LogP contribution in [0.5, 0.6) is 0 Å². The van der Waals surface area contributed by atoms with Crippen LogP contribution < -0.4 is 5.32 Å². The van der Waals surface area contributed by atoms with Gasteiger partial charge in [0.2, 0.25) is 0 Å². The summed E-state index contributed by atoms with van der Waals surface area (Å²) in [5, 5.41) is 3.61. The van der Waals surface area contributed by atoms with Crippen LogP contribution in [0.25, 0.3) is 33.8 Å². The summed E-state index contributed by atoms with van der Waals surface area (Å²) in [4.78, 5) is 23.0. The molecule has 7 nitrogen and oxygen atoms in total. The monoisotopic (exact) mass is 461 g/mol. The molecule has 0 bridgehead atoms. The van der Waals surface area contributed by atoms with Crippen LogP contribution >= 0.6 is 0 Å². The van der Waals surface area contributed by atoms with Crippen molar-refractivity contribution >= 4 is 16.9 Å². The summed E-state index contributed by atoms with van der Waals surface area (Å²) in [6, 6.07) is 17.3. The molecule has 0 fully saturated rings. The number of fused-ring (bicyclic) bond motifs is 2. The van der Waals surface area contributed by atoms with E-state index in [0.29, 0.717) is 0 Å². The first-order valence-electron chi connectivity index (χ1n) is 12.0. The number of rotatable bonds is 5. The maximum Gasteiger partial charge on any atom is 0.164 e. The lowest BCUT2D eigenvalue weighted by Crippen LogP contribution is -2.27. The van der Waals surface area contributed by atoms with Crippen molar-refractivity contribution in [3.05, 3.63) is 84.2 Å². The molecule has 0 amide bonds. The van der Waals surface area contributed by atoms with E-state index in [1.54, 1.807) is 6.33 Å². The van der Waals surface area contributed by atoms with E-state index >= 15 is 0 Å². The first-order chi connectivity index (χ1) is 17.1. The number of aryl methyl sites for hydroxylation is 2. The van der Waals surface area contributed by atoms with E-state index in [1.807, 2.05) is 19.3 Å². The molecule has 7 heteroatoms. The maximum absolute atomic E-state index is 5.00. The highest BCUT2D eigenvalue weighted by Crippen LogP contribution is 2.41. The zero-order chi connectivity index (χ0) is 24.0. The van der Waals surface area contributed by atoms with Gasteiger partial charge < -0.3 is 9.88 Å². The molecule has 0 saturated heterocycles. The summed E-state index contributed by atoms with van der Waals surface area (Å²) in [5.41, 5.74) is 8.20. The summed E-state index contributed by atoms with van der Waals surface area (Å²) >= 11 is 0. The SMILES string of the molecule is CCn1c(-c2cnc(C)nc2)nc2c(-c3ccc4c(c3)C(C)(Cc3ccccc3)CN4)ncnc21. The normalized spacial score (nSPS) is 16.9. The Kier molecular flexibility index (Phi) is 5.06. The summed E-state index contributed by atoms with van der Waals surface area (Å²) in [6.45, 7) is 7.95. The molecule has 0 radical (unpaired) electrons. The molecule has 1 atom stereocenters. The van der Waals surface area contributed by atoms with Gasteiger partial charge in [-0.2, -0.15) is 0 Å². The highest BCUT2D eigenvalue weighted by molar-refractivity contribution is 5.90. The predicted octanol–water partition coefficient (Wildman–Crippen LogP) is 5.20. The van der Waals surface area contributed by atoms with Gasteiger partial charge in [-0.15, -0.1) is 0 Å². The molecular weight excluding hydrogens is 434 g/mol. The molecule has 0 aliphatic carbocycles. The molecule has 5 aromatic rings. The topological polar surface area (TPSA) is 81.4 Å². The molecule has 3 aromatic heterocycles. The fourth-order valence-electron chi connectivity index (χ4n) is 5.11. The van der Waals surface area contributed by atoms with Crippen molar-refractivity contribution in [1.29, 1.82) is 0 Å². The Morgan fingerprint density at radius 1 is 0.971 bits per heavy atom. The number of benzene rings is 2. The minimum absolute atomic E-state index is 0.00792. The number of anilines is 1. The molecule has 6 rings (SSSR count). The van der Waals surface area contributed by atoms with Crippen molar-refractivity contribution < 1.29 is 0 Å². The number of aromatic nitrogens is 6. The van der Waals surface area contributed by atoms with E-state index in [4.69, 9.17) is 9.97 Å². The van der Waals surface area contributed by atoms with Gasteiger partial charge in [0.25, 0.3) is 0 Å². The van der Waals surface area contributed by atoms with Crippen molar-refractivity contribution in [1.82, 2.24) is 29.5 Å². The summed E-state index contributed by atoms with van der Waals surface area (Å²) in [7, 11) is 0. The zero-order valence-electron chi connectivity index (χ0n) is 20.2. The van der Waals surface area contributed by atoms with Gasteiger partial charge >= 0.3 is 0 Å². The Bertz CT molecular complexity index is 1520. The molecule has 4 heterocycles. The first-order valence-corrected chi connectivity index (χ1v) is 12.0. The summed E-state index contributed by atoms with van der Waals surface area (Å²) < 4.78 is 2.10. The van der Waals surface area contributed by atoms with Crippen LogP contribution in [-0.4, -0.2) is 36.0 Å². The molecule has 1 unspecified atom stereocenters.